The predicted molar refractivity (Wildman–Crippen MR) is 45.5 cm³/mol. The first-order chi connectivity index (χ1) is 5.29. The quantitative estimate of drug-likeness (QED) is 0.629. The van der Waals surface area contributed by atoms with Crippen LogP contribution in [0.4, 0.5) is 5.82 Å². The highest BCUT2D eigenvalue weighted by Crippen LogP contribution is 2.24. The van der Waals surface area contributed by atoms with Crippen molar-refractivity contribution >= 4 is 28.3 Å². The van der Waals surface area contributed by atoms with Crippen LogP contribution < -0.4 is 5.73 Å². The van der Waals surface area contributed by atoms with Crippen LogP contribution in [-0.2, 0) is 0 Å². The molecule has 2 aromatic rings. The van der Waals surface area contributed by atoms with Crippen LogP contribution >= 0.6 is 11.6 Å². The van der Waals surface area contributed by atoms with Crippen molar-refractivity contribution < 1.29 is 0 Å². The number of hydrogen-bond acceptors (Lipinski definition) is 2. The van der Waals surface area contributed by atoms with Crippen LogP contribution in [-0.4, -0.2) is 9.97 Å². The summed E-state index contributed by atoms with van der Waals surface area (Å²) in [6.45, 7) is 0. The number of rotatable bonds is 0. The minimum atomic E-state index is 0.481. The van der Waals surface area contributed by atoms with Crippen LogP contribution in [0.5, 0.6) is 0 Å². The summed E-state index contributed by atoms with van der Waals surface area (Å²) >= 11 is 5.83. The number of halogens is 1. The number of nitrogens with two attached hydrogens (primary N) is 1. The molecule has 2 heterocycles. The number of aromatic nitrogens is 2. The molecule has 0 bridgehead atoms. The molecule has 0 unspecified atom stereocenters. The van der Waals surface area contributed by atoms with Crippen molar-refractivity contribution in [1.29, 1.82) is 0 Å². The van der Waals surface area contributed by atoms with Crippen LogP contribution in [0.3, 0.4) is 0 Å². The third-order valence-electron chi connectivity index (χ3n) is 1.58. The van der Waals surface area contributed by atoms with Crippen molar-refractivity contribution in [2.24, 2.45) is 0 Å². The highest BCUT2D eigenvalue weighted by Gasteiger charge is 2.02. The van der Waals surface area contributed by atoms with E-state index in [-0.39, 0.29) is 0 Å². The number of hydrogen-bond donors (Lipinski definition) is 2. The minimum Gasteiger partial charge on any atom is -0.382 e. The molecule has 2 aromatic heterocycles. The SMILES string of the molecule is Nc1ncc(Cl)c2cc[nH]c12. The average molecular weight is 168 g/mol. The number of nitrogen functional groups attached to an aromatic ring is 1. The first kappa shape index (κ1) is 6.49. The molecule has 0 aliphatic carbocycles. The zero-order valence-corrected chi connectivity index (χ0v) is 6.39. The number of pyridine rings is 1. The predicted octanol–water partition coefficient (Wildman–Crippen LogP) is 1.80. The molecular weight excluding hydrogens is 162 g/mol. The molecule has 0 fully saturated rings. The first-order valence-electron chi connectivity index (χ1n) is 3.16. The van der Waals surface area contributed by atoms with Crippen LogP contribution in [0.1, 0.15) is 0 Å². The second-order valence-electron chi connectivity index (χ2n) is 2.26. The molecule has 2 rings (SSSR count). The molecule has 0 atom stereocenters. The summed E-state index contributed by atoms with van der Waals surface area (Å²) in [6.07, 6.45) is 3.33. The normalized spacial score (nSPS) is 10.6. The number of nitrogens with one attached hydrogen (secondary N) is 1. The molecule has 0 aromatic carbocycles. The van der Waals surface area contributed by atoms with Crippen molar-refractivity contribution in [2.75, 3.05) is 5.73 Å². The third kappa shape index (κ3) is 0.851. The highest BCUT2D eigenvalue weighted by molar-refractivity contribution is 6.35. The molecule has 0 aliphatic heterocycles. The summed E-state index contributed by atoms with van der Waals surface area (Å²) in [5.74, 6) is 0.481. The van der Waals surface area contributed by atoms with Crippen LogP contribution in [0, 0.1) is 0 Å². The fourth-order valence-electron chi connectivity index (χ4n) is 1.04. The van der Waals surface area contributed by atoms with E-state index in [2.05, 4.69) is 9.97 Å². The van der Waals surface area contributed by atoms with Crippen molar-refractivity contribution in [2.45, 2.75) is 0 Å². The van der Waals surface area contributed by atoms with E-state index in [1.807, 2.05) is 6.07 Å². The summed E-state index contributed by atoms with van der Waals surface area (Å²) in [7, 11) is 0. The minimum absolute atomic E-state index is 0.481. The van der Waals surface area contributed by atoms with Gasteiger partial charge in [0.15, 0.2) is 0 Å². The number of H-pyrrole nitrogens is 1. The molecule has 0 saturated heterocycles. The van der Waals surface area contributed by atoms with Gasteiger partial charge in [0, 0.05) is 17.8 Å². The Morgan fingerprint density at radius 2 is 2.36 bits per heavy atom. The Hall–Kier alpha value is -1.22. The van der Waals surface area contributed by atoms with Crippen molar-refractivity contribution in [3.63, 3.8) is 0 Å². The maximum Gasteiger partial charge on any atom is 0.147 e. The molecular formula is C7H6ClN3. The van der Waals surface area contributed by atoms with Gasteiger partial charge in [0.25, 0.3) is 0 Å². The van der Waals surface area contributed by atoms with E-state index < -0.39 is 0 Å². The van der Waals surface area contributed by atoms with E-state index >= 15 is 0 Å². The lowest BCUT2D eigenvalue weighted by atomic mass is 10.3. The van der Waals surface area contributed by atoms with Crippen LogP contribution in [0.15, 0.2) is 18.5 Å². The maximum absolute atomic E-state index is 5.83. The zero-order chi connectivity index (χ0) is 7.84. The lowest BCUT2D eigenvalue weighted by molar-refractivity contribution is 1.34. The Balaban J connectivity index is 2.96. The molecule has 0 spiro atoms. The largest absolute Gasteiger partial charge is 0.382 e. The monoisotopic (exact) mass is 167 g/mol. The number of nitrogens with zero attached hydrogens (tertiary/aromatic N) is 1. The summed E-state index contributed by atoms with van der Waals surface area (Å²) in [4.78, 5) is 6.85. The molecule has 0 aliphatic rings. The maximum atomic E-state index is 5.83. The molecule has 0 radical (unpaired) electrons. The standard InChI is InChI=1S/C7H6ClN3/c8-5-3-11-7(9)6-4(5)1-2-10-6/h1-3,10H,(H2,9,11). The molecule has 3 N–H and O–H groups in total. The Morgan fingerprint density at radius 1 is 1.55 bits per heavy atom. The smallest absolute Gasteiger partial charge is 0.147 e. The van der Waals surface area contributed by atoms with Gasteiger partial charge in [0.1, 0.15) is 5.82 Å². The van der Waals surface area contributed by atoms with Gasteiger partial charge in [-0.05, 0) is 6.07 Å². The van der Waals surface area contributed by atoms with Crippen molar-refractivity contribution in [1.82, 2.24) is 9.97 Å². The Kier molecular flexibility index (Phi) is 1.26. The van der Waals surface area contributed by atoms with Gasteiger partial charge in [-0.25, -0.2) is 4.98 Å². The molecule has 0 saturated carbocycles. The van der Waals surface area contributed by atoms with Gasteiger partial charge < -0.3 is 10.7 Å². The highest BCUT2D eigenvalue weighted by atomic mass is 35.5. The second kappa shape index (κ2) is 2.13. The van der Waals surface area contributed by atoms with Gasteiger partial charge in [-0.2, -0.15) is 0 Å². The van der Waals surface area contributed by atoms with Gasteiger partial charge >= 0.3 is 0 Å². The van der Waals surface area contributed by atoms with E-state index in [0.717, 1.165) is 10.9 Å². The fraction of sp³-hybridized carbons (Fsp3) is 0. The molecule has 4 heteroatoms. The van der Waals surface area contributed by atoms with E-state index in [4.69, 9.17) is 17.3 Å². The van der Waals surface area contributed by atoms with E-state index in [0.29, 0.717) is 10.8 Å². The Morgan fingerprint density at radius 3 is 3.09 bits per heavy atom. The first-order valence-corrected chi connectivity index (χ1v) is 3.54. The summed E-state index contributed by atoms with van der Waals surface area (Å²) < 4.78 is 0. The molecule has 0 amide bonds. The lowest BCUT2D eigenvalue weighted by Crippen LogP contribution is -1.90. The molecule has 11 heavy (non-hydrogen) atoms. The molecule has 56 valence electrons. The lowest BCUT2D eigenvalue weighted by Gasteiger charge is -1.95. The van der Waals surface area contributed by atoms with Crippen molar-refractivity contribution in [3.05, 3.63) is 23.5 Å². The number of aromatic amines is 1. The van der Waals surface area contributed by atoms with Gasteiger partial charge in [0.05, 0.1) is 10.5 Å². The summed E-state index contributed by atoms with van der Waals surface area (Å²) in [6, 6.07) is 1.87. The zero-order valence-electron chi connectivity index (χ0n) is 5.63. The van der Waals surface area contributed by atoms with Crippen LogP contribution in [0.25, 0.3) is 10.9 Å². The summed E-state index contributed by atoms with van der Waals surface area (Å²) in [5, 5.41) is 1.54. The van der Waals surface area contributed by atoms with Gasteiger partial charge in [0.2, 0.25) is 0 Å². The Labute approximate surface area is 68.2 Å². The van der Waals surface area contributed by atoms with Gasteiger partial charge in [-0.15, -0.1) is 0 Å². The van der Waals surface area contributed by atoms with Crippen LogP contribution in [0.2, 0.25) is 5.02 Å². The third-order valence-corrected chi connectivity index (χ3v) is 1.88. The van der Waals surface area contributed by atoms with Crippen molar-refractivity contribution in [3.8, 4) is 0 Å². The summed E-state index contributed by atoms with van der Waals surface area (Å²) in [5.41, 5.74) is 6.37. The second-order valence-corrected chi connectivity index (χ2v) is 2.66. The number of anilines is 1. The topological polar surface area (TPSA) is 54.7 Å². The van der Waals surface area contributed by atoms with Gasteiger partial charge in [-0.1, -0.05) is 11.6 Å². The number of fused-ring (bicyclic) bond motifs is 1. The van der Waals surface area contributed by atoms with Gasteiger partial charge in [-0.3, -0.25) is 0 Å². The van der Waals surface area contributed by atoms with E-state index in [9.17, 15) is 0 Å². The van der Waals surface area contributed by atoms with E-state index in [1.165, 1.54) is 0 Å². The fourth-order valence-corrected chi connectivity index (χ4v) is 1.25. The Bertz CT molecular complexity index is 357. The molecule has 3 nitrogen and oxygen atoms in total. The van der Waals surface area contributed by atoms with E-state index in [1.54, 1.807) is 12.4 Å². The average Bonchev–Trinajstić information content (AvgIpc) is 2.45.